The molecular formula is C19H30O5. The molecule has 0 spiro atoms. The van der Waals surface area contributed by atoms with Crippen LogP contribution in [0.1, 0.15) is 59.3 Å². The summed E-state index contributed by atoms with van der Waals surface area (Å²) < 4.78 is 16.0. The van der Waals surface area contributed by atoms with Gasteiger partial charge in [0, 0.05) is 0 Å². The van der Waals surface area contributed by atoms with Crippen molar-refractivity contribution >= 4 is 11.9 Å². The van der Waals surface area contributed by atoms with E-state index in [0.29, 0.717) is 18.3 Å². The Morgan fingerprint density at radius 2 is 1.54 bits per heavy atom. The number of rotatable bonds is 7. The zero-order valence-corrected chi connectivity index (χ0v) is 15.1. The Balaban J connectivity index is 1.36. The van der Waals surface area contributed by atoms with Crippen LogP contribution in [-0.2, 0) is 23.8 Å². The topological polar surface area (TPSA) is 61.8 Å². The van der Waals surface area contributed by atoms with Crippen molar-refractivity contribution in [2.75, 3.05) is 13.4 Å². The minimum atomic E-state index is -0.572. The predicted molar refractivity (Wildman–Crippen MR) is 87.9 cm³/mol. The maximum Gasteiger partial charge on any atom is 0.346 e. The third-order valence-electron chi connectivity index (χ3n) is 6.38. The third kappa shape index (κ3) is 3.76. The summed E-state index contributed by atoms with van der Waals surface area (Å²) in [5.41, 5.74) is -0.572. The molecule has 24 heavy (non-hydrogen) atoms. The highest BCUT2D eigenvalue weighted by Crippen LogP contribution is 2.54. The molecule has 4 saturated carbocycles. The molecule has 0 aromatic rings. The van der Waals surface area contributed by atoms with E-state index in [1.807, 2.05) is 6.92 Å². The molecule has 5 heteroatoms. The van der Waals surface area contributed by atoms with E-state index in [1.165, 1.54) is 32.1 Å². The summed E-state index contributed by atoms with van der Waals surface area (Å²) in [7, 11) is 0. The molecule has 4 aliphatic rings. The molecule has 0 unspecified atom stereocenters. The van der Waals surface area contributed by atoms with Crippen molar-refractivity contribution in [3.8, 4) is 0 Å². The minimum Gasteiger partial charge on any atom is -0.453 e. The molecule has 0 amide bonds. The lowest BCUT2D eigenvalue weighted by Crippen LogP contribution is -2.49. The molecule has 0 aromatic carbocycles. The van der Waals surface area contributed by atoms with E-state index >= 15 is 0 Å². The number of carbonyl (C=O) groups excluding carboxylic acids is 2. The highest BCUT2D eigenvalue weighted by Gasteiger charge is 2.48. The fraction of sp³-hybridized carbons (Fsp3) is 0.895. The zero-order valence-electron chi connectivity index (χ0n) is 15.1. The van der Waals surface area contributed by atoms with E-state index in [2.05, 4.69) is 0 Å². The van der Waals surface area contributed by atoms with Crippen LogP contribution in [0.15, 0.2) is 0 Å². The molecule has 4 fully saturated rings. The summed E-state index contributed by atoms with van der Waals surface area (Å²) in [5.74, 6) is 2.17. The van der Waals surface area contributed by atoms with E-state index in [0.717, 1.165) is 11.8 Å². The molecular weight excluding hydrogens is 308 g/mol. The van der Waals surface area contributed by atoms with Gasteiger partial charge in [0.15, 0.2) is 13.4 Å². The van der Waals surface area contributed by atoms with Crippen molar-refractivity contribution in [2.45, 2.75) is 65.4 Å². The fourth-order valence-corrected chi connectivity index (χ4v) is 4.83. The van der Waals surface area contributed by atoms with E-state index < -0.39 is 11.4 Å². The number of ether oxygens (including phenoxy) is 3. The van der Waals surface area contributed by atoms with Gasteiger partial charge < -0.3 is 14.2 Å². The van der Waals surface area contributed by atoms with Crippen molar-refractivity contribution in [1.29, 1.82) is 0 Å². The molecule has 0 saturated heterocycles. The lowest BCUT2D eigenvalue weighted by Gasteiger charge is -2.53. The van der Waals surface area contributed by atoms with E-state index in [1.54, 1.807) is 13.8 Å². The first-order valence-corrected chi connectivity index (χ1v) is 9.33. The van der Waals surface area contributed by atoms with Gasteiger partial charge in [-0.1, -0.05) is 6.92 Å². The normalized spacial score (nSPS) is 34.2. The van der Waals surface area contributed by atoms with Gasteiger partial charge in [-0.15, -0.1) is 0 Å². The highest BCUT2D eigenvalue weighted by molar-refractivity contribution is 5.79. The summed E-state index contributed by atoms with van der Waals surface area (Å²) in [6.45, 7) is 5.15. The first kappa shape index (κ1) is 17.7. The molecule has 136 valence electrons. The van der Waals surface area contributed by atoms with Crippen LogP contribution >= 0.6 is 0 Å². The van der Waals surface area contributed by atoms with E-state index in [9.17, 15) is 9.59 Å². The van der Waals surface area contributed by atoms with Crippen LogP contribution in [-0.4, -0.2) is 31.4 Å². The Hall–Kier alpha value is -1.10. The van der Waals surface area contributed by atoms with Crippen molar-refractivity contribution < 1.29 is 23.8 Å². The van der Waals surface area contributed by atoms with Gasteiger partial charge >= 0.3 is 11.9 Å². The highest BCUT2D eigenvalue weighted by atomic mass is 16.7. The van der Waals surface area contributed by atoms with Crippen LogP contribution in [0.2, 0.25) is 0 Å². The molecule has 5 nitrogen and oxygen atoms in total. The molecule has 0 aliphatic heterocycles. The Morgan fingerprint density at radius 1 is 0.958 bits per heavy atom. The molecule has 0 aromatic heterocycles. The summed E-state index contributed by atoms with van der Waals surface area (Å²) in [6.07, 6.45) is 7.41. The van der Waals surface area contributed by atoms with Gasteiger partial charge in [0.25, 0.3) is 0 Å². The third-order valence-corrected chi connectivity index (χ3v) is 6.38. The Morgan fingerprint density at radius 3 is 2.08 bits per heavy atom. The van der Waals surface area contributed by atoms with Crippen molar-refractivity contribution in [3.63, 3.8) is 0 Å². The SMILES string of the molecule is CCC(C)(C)C(=O)OCC(=O)OCOC1C2CC3CC(C2)CC1C3. The van der Waals surface area contributed by atoms with Crippen LogP contribution in [0.5, 0.6) is 0 Å². The average Bonchev–Trinajstić information content (AvgIpc) is 2.54. The quantitative estimate of drug-likeness (QED) is 0.526. The molecule has 0 atom stereocenters. The lowest BCUT2D eigenvalue weighted by molar-refractivity contribution is -0.191. The second-order valence-corrected chi connectivity index (χ2v) is 8.51. The monoisotopic (exact) mass is 338 g/mol. The first-order valence-electron chi connectivity index (χ1n) is 9.33. The fourth-order valence-electron chi connectivity index (χ4n) is 4.83. The molecule has 0 N–H and O–H groups in total. The molecule has 4 bridgehead atoms. The second kappa shape index (κ2) is 7.03. The van der Waals surface area contributed by atoms with Crippen LogP contribution in [0.4, 0.5) is 0 Å². The van der Waals surface area contributed by atoms with Gasteiger partial charge in [-0.3, -0.25) is 4.79 Å². The smallest absolute Gasteiger partial charge is 0.346 e. The molecule has 0 heterocycles. The minimum absolute atomic E-state index is 0.0272. The Bertz CT molecular complexity index is 456. The number of hydrogen-bond donors (Lipinski definition) is 0. The predicted octanol–water partition coefficient (Wildman–Crippen LogP) is 3.31. The van der Waals surface area contributed by atoms with Crippen molar-refractivity contribution in [1.82, 2.24) is 0 Å². The largest absolute Gasteiger partial charge is 0.453 e. The van der Waals surface area contributed by atoms with Crippen LogP contribution in [0.25, 0.3) is 0 Å². The molecule has 4 rings (SSSR count). The summed E-state index contributed by atoms with van der Waals surface area (Å²) in [6, 6.07) is 0. The standard InChI is InChI=1S/C19H30O5/c1-4-19(2,3)18(21)22-10-16(20)23-11-24-17-14-6-12-5-13(8-14)9-15(17)7-12/h12-15,17H,4-11H2,1-3H3. The van der Waals surface area contributed by atoms with Gasteiger partial charge in [0.2, 0.25) is 0 Å². The van der Waals surface area contributed by atoms with Gasteiger partial charge in [-0.25, -0.2) is 4.79 Å². The Labute approximate surface area is 144 Å². The van der Waals surface area contributed by atoms with E-state index in [-0.39, 0.29) is 25.5 Å². The summed E-state index contributed by atoms with van der Waals surface area (Å²) in [5, 5.41) is 0. The molecule has 0 radical (unpaired) electrons. The number of esters is 2. The van der Waals surface area contributed by atoms with Crippen molar-refractivity contribution in [3.05, 3.63) is 0 Å². The van der Waals surface area contributed by atoms with Crippen LogP contribution in [0.3, 0.4) is 0 Å². The number of carbonyl (C=O) groups is 2. The summed E-state index contributed by atoms with van der Waals surface area (Å²) in [4.78, 5) is 23.6. The molecule has 4 aliphatic carbocycles. The van der Waals surface area contributed by atoms with Gasteiger partial charge in [-0.2, -0.15) is 0 Å². The van der Waals surface area contributed by atoms with Gasteiger partial charge in [0.05, 0.1) is 11.5 Å². The zero-order chi connectivity index (χ0) is 17.3. The van der Waals surface area contributed by atoms with Crippen LogP contribution < -0.4 is 0 Å². The first-order chi connectivity index (χ1) is 11.4. The van der Waals surface area contributed by atoms with Gasteiger partial charge in [0.1, 0.15) is 0 Å². The summed E-state index contributed by atoms with van der Waals surface area (Å²) >= 11 is 0. The maximum atomic E-state index is 11.8. The van der Waals surface area contributed by atoms with Gasteiger partial charge in [-0.05, 0) is 76.0 Å². The van der Waals surface area contributed by atoms with Crippen molar-refractivity contribution in [2.24, 2.45) is 29.1 Å². The second-order valence-electron chi connectivity index (χ2n) is 8.51. The maximum absolute atomic E-state index is 11.8. The van der Waals surface area contributed by atoms with E-state index in [4.69, 9.17) is 14.2 Å². The number of hydrogen-bond acceptors (Lipinski definition) is 5. The average molecular weight is 338 g/mol. The lowest BCUT2D eigenvalue weighted by atomic mass is 9.55. The van der Waals surface area contributed by atoms with Crippen LogP contribution in [0, 0.1) is 29.1 Å². The Kier molecular flexibility index (Phi) is 5.19.